The normalized spacial score (nSPS) is 15.4. The van der Waals surface area contributed by atoms with E-state index < -0.39 is 15.0 Å². The zero-order valence-electron chi connectivity index (χ0n) is 22.7. The van der Waals surface area contributed by atoms with Gasteiger partial charge in [-0.05, 0) is 80.1 Å². The van der Waals surface area contributed by atoms with E-state index in [1.54, 1.807) is 6.92 Å². The van der Waals surface area contributed by atoms with Gasteiger partial charge in [0.25, 0.3) is 0 Å². The highest BCUT2D eigenvalue weighted by Crippen LogP contribution is 2.62. The Balaban J connectivity index is 4.41. The molecule has 0 rings (SSSR count). The average Bonchev–Trinajstić information content (AvgIpc) is 2.76. The third-order valence-electron chi connectivity index (χ3n) is 5.30. The fourth-order valence-electron chi connectivity index (χ4n) is 3.19. The van der Waals surface area contributed by atoms with Gasteiger partial charge in [-0.3, -0.25) is 9.13 Å². The Labute approximate surface area is 208 Å². The second kappa shape index (κ2) is 18.5. The van der Waals surface area contributed by atoms with Gasteiger partial charge in [-0.15, -0.1) is 0 Å². The minimum absolute atomic E-state index is 0.123. The summed E-state index contributed by atoms with van der Waals surface area (Å²) in [5.74, 6) is -0.294. The van der Waals surface area contributed by atoms with Crippen LogP contribution in [0.4, 0.5) is 0 Å². The molecular weight excluding hydrogens is 470 g/mol. The summed E-state index contributed by atoms with van der Waals surface area (Å²) in [6, 6.07) is 0. The third kappa shape index (κ3) is 16.8. The van der Waals surface area contributed by atoms with Crippen molar-refractivity contribution >= 4 is 15.0 Å². The maximum absolute atomic E-state index is 12.9. The van der Waals surface area contributed by atoms with Crippen molar-refractivity contribution in [2.24, 2.45) is 0 Å². The number of hydrogen-bond acceptors (Lipinski definition) is 6. The van der Waals surface area contributed by atoms with Crippen LogP contribution in [-0.2, 0) is 27.4 Å². The van der Waals surface area contributed by atoms with E-state index in [0.29, 0.717) is 6.61 Å². The summed E-state index contributed by atoms with van der Waals surface area (Å²) in [6.45, 7) is 13.1. The molecule has 0 aliphatic rings. The maximum atomic E-state index is 12.9. The highest BCUT2D eigenvalue weighted by Gasteiger charge is 2.36. The highest BCUT2D eigenvalue weighted by atomic mass is 31.2. The molecule has 0 radical (unpaired) electrons. The van der Waals surface area contributed by atoms with Crippen LogP contribution in [0.5, 0.6) is 0 Å². The van der Waals surface area contributed by atoms with Crippen LogP contribution in [-0.4, -0.2) is 39.7 Å². The van der Waals surface area contributed by atoms with Gasteiger partial charge in [0, 0.05) is 14.2 Å². The Morgan fingerprint density at radius 2 is 1.21 bits per heavy atom. The lowest BCUT2D eigenvalue weighted by atomic mass is 10.0. The van der Waals surface area contributed by atoms with Crippen LogP contribution in [0.25, 0.3) is 0 Å². The van der Waals surface area contributed by atoms with Crippen molar-refractivity contribution in [2.75, 3.05) is 39.7 Å². The Bertz CT molecular complexity index is 783. The Kier molecular flexibility index (Phi) is 18.1. The molecule has 0 amide bonds. The molecule has 0 spiro atoms. The van der Waals surface area contributed by atoms with E-state index in [1.165, 1.54) is 36.5 Å². The second-order valence-electron chi connectivity index (χ2n) is 8.90. The first kappa shape index (κ1) is 33.3. The average molecular weight is 519 g/mol. The molecule has 1 atom stereocenters. The van der Waals surface area contributed by atoms with E-state index in [0.717, 1.165) is 38.5 Å². The summed E-state index contributed by atoms with van der Waals surface area (Å²) < 4.78 is 46.0. The lowest BCUT2D eigenvalue weighted by molar-refractivity contribution is 0.189. The molecule has 34 heavy (non-hydrogen) atoms. The first-order valence-corrected chi connectivity index (χ1v) is 15.8. The van der Waals surface area contributed by atoms with E-state index in [4.69, 9.17) is 18.3 Å². The molecule has 198 valence electrons. The van der Waals surface area contributed by atoms with Gasteiger partial charge in [-0.25, -0.2) is 0 Å². The summed E-state index contributed by atoms with van der Waals surface area (Å²) >= 11 is 0. The first-order valence-electron chi connectivity index (χ1n) is 12.1. The molecule has 0 aliphatic carbocycles. The Hall–Kier alpha value is -0.740. The number of ether oxygens (including phenoxy) is 1. The zero-order chi connectivity index (χ0) is 26.0. The van der Waals surface area contributed by atoms with Crippen LogP contribution >= 0.6 is 15.0 Å². The fourth-order valence-corrected chi connectivity index (χ4v) is 7.95. The Morgan fingerprint density at radius 1 is 0.735 bits per heavy atom. The smallest absolute Gasteiger partial charge is 0.339 e. The van der Waals surface area contributed by atoms with Crippen LogP contribution < -0.4 is 0 Å². The van der Waals surface area contributed by atoms with Crippen molar-refractivity contribution in [3.8, 4) is 0 Å². The molecule has 8 heteroatoms. The van der Waals surface area contributed by atoms with Crippen LogP contribution in [0.1, 0.15) is 80.1 Å². The number of allylic oxidation sites excluding steroid dienone is 7. The number of hydrogen-bond donors (Lipinski definition) is 0. The van der Waals surface area contributed by atoms with Crippen LogP contribution in [0.2, 0.25) is 0 Å². The molecule has 0 aromatic heterocycles. The predicted octanol–water partition coefficient (Wildman–Crippen LogP) is 8.86. The summed E-state index contributed by atoms with van der Waals surface area (Å²) in [4.78, 5) is 0. The van der Waals surface area contributed by atoms with Gasteiger partial charge in [0.05, 0.1) is 13.2 Å². The van der Waals surface area contributed by atoms with Crippen molar-refractivity contribution in [1.82, 2.24) is 0 Å². The molecule has 0 bridgehead atoms. The van der Waals surface area contributed by atoms with Gasteiger partial charge in [0.2, 0.25) is 7.37 Å². The topological polar surface area (TPSA) is 71.1 Å². The minimum Gasteiger partial charge on any atom is -0.367 e. The summed E-state index contributed by atoms with van der Waals surface area (Å²) in [5, 5.41) is 0. The van der Waals surface area contributed by atoms with Gasteiger partial charge in [-0.2, -0.15) is 0 Å². The largest absolute Gasteiger partial charge is 0.367 e. The monoisotopic (exact) mass is 518 g/mol. The zero-order valence-corrected chi connectivity index (χ0v) is 24.5. The van der Waals surface area contributed by atoms with Crippen molar-refractivity contribution in [3.05, 3.63) is 46.6 Å². The van der Waals surface area contributed by atoms with Gasteiger partial charge < -0.3 is 18.3 Å². The third-order valence-corrected chi connectivity index (χ3v) is 10.8. The van der Waals surface area contributed by atoms with Gasteiger partial charge >= 0.3 is 7.60 Å². The predicted molar refractivity (Wildman–Crippen MR) is 145 cm³/mol. The standard InChI is InChI=1S/C26H48O6P2/c1-9-32-33(27,22-34(28,29-7)30-8)21-31-20-19-26(6)18-12-17-25(5)16-11-15-24(4)14-10-13-23(2)3/h13,15,17,19H,9-12,14,16,18,20-22H2,1-8H3/b24-15+,25-17+,26-19+. The summed E-state index contributed by atoms with van der Waals surface area (Å²) in [6.07, 6.45) is 15.2. The van der Waals surface area contributed by atoms with Crippen molar-refractivity contribution in [2.45, 2.75) is 80.1 Å². The molecule has 0 saturated heterocycles. The molecular formula is C26H48O6P2. The van der Waals surface area contributed by atoms with Crippen molar-refractivity contribution in [3.63, 3.8) is 0 Å². The molecule has 0 aromatic carbocycles. The van der Waals surface area contributed by atoms with Gasteiger partial charge in [0.15, 0.2) is 0 Å². The van der Waals surface area contributed by atoms with Gasteiger partial charge in [0.1, 0.15) is 12.3 Å². The minimum atomic E-state index is -3.44. The van der Waals surface area contributed by atoms with E-state index in [1.807, 2.05) is 6.08 Å². The van der Waals surface area contributed by atoms with E-state index >= 15 is 0 Å². The van der Waals surface area contributed by atoms with E-state index in [-0.39, 0.29) is 18.9 Å². The maximum Gasteiger partial charge on any atom is 0.339 e. The SMILES string of the molecule is CCOP(=O)(COC/C=C(\C)CC/C=C(\C)CC/C=C(\C)CCC=C(C)C)CP(=O)(OC)OC. The van der Waals surface area contributed by atoms with Crippen molar-refractivity contribution in [1.29, 1.82) is 0 Å². The Morgan fingerprint density at radius 3 is 1.65 bits per heavy atom. The molecule has 1 unspecified atom stereocenters. The summed E-state index contributed by atoms with van der Waals surface area (Å²) in [5.41, 5.74) is 5.47. The van der Waals surface area contributed by atoms with E-state index in [9.17, 15) is 9.13 Å². The molecule has 0 heterocycles. The fraction of sp³-hybridized carbons (Fsp3) is 0.692. The lowest BCUT2D eigenvalue weighted by Crippen LogP contribution is -2.06. The van der Waals surface area contributed by atoms with Crippen LogP contribution in [0.15, 0.2) is 46.6 Å². The van der Waals surface area contributed by atoms with E-state index in [2.05, 4.69) is 52.8 Å². The highest BCUT2D eigenvalue weighted by molar-refractivity contribution is 7.73. The molecule has 0 N–H and O–H groups in total. The van der Waals surface area contributed by atoms with Crippen molar-refractivity contribution < 1.29 is 27.4 Å². The molecule has 0 aliphatic heterocycles. The van der Waals surface area contributed by atoms with Gasteiger partial charge in [-0.1, -0.05) is 46.6 Å². The van der Waals surface area contributed by atoms with Crippen LogP contribution in [0.3, 0.4) is 0 Å². The lowest BCUT2D eigenvalue weighted by Gasteiger charge is -2.21. The molecule has 0 fully saturated rings. The molecule has 6 nitrogen and oxygen atoms in total. The number of rotatable bonds is 19. The van der Waals surface area contributed by atoms with Crippen LogP contribution in [0, 0.1) is 0 Å². The summed E-state index contributed by atoms with van der Waals surface area (Å²) in [7, 11) is -4.18. The second-order valence-corrected chi connectivity index (χ2v) is 14.1. The first-order chi connectivity index (χ1) is 16.0. The molecule has 0 saturated carbocycles. The molecule has 0 aromatic rings. The quantitative estimate of drug-likeness (QED) is 0.0966.